The number of rotatable bonds is 10. The van der Waals surface area contributed by atoms with E-state index in [0.29, 0.717) is 52.3 Å². The molecular formula is C34H30FN3O6. The van der Waals surface area contributed by atoms with E-state index in [-0.39, 0.29) is 18.7 Å². The Morgan fingerprint density at radius 2 is 1.70 bits per heavy atom. The van der Waals surface area contributed by atoms with Crippen molar-refractivity contribution in [1.29, 1.82) is 5.26 Å². The van der Waals surface area contributed by atoms with Crippen LogP contribution >= 0.6 is 0 Å². The van der Waals surface area contributed by atoms with Gasteiger partial charge in [-0.05, 0) is 65.9 Å². The molecule has 224 valence electrons. The second-order valence-corrected chi connectivity index (χ2v) is 9.94. The number of para-hydroxylation sites is 2. The molecular weight excluding hydrogens is 565 g/mol. The molecule has 3 aromatic carbocycles. The van der Waals surface area contributed by atoms with E-state index in [1.807, 2.05) is 42.5 Å². The van der Waals surface area contributed by atoms with Crippen LogP contribution in [0.15, 0.2) is 60.7 Å². The number of hydrogen-bond acceptors (Lipinski definition) is 8. The summed E-state index contributed by atoms with van der Waals surface area (Å²) in [4.78, 5) is 32.8. The van der Waals surface area contributed by atoms with Crippen molar-refractivity contribution in [3.05, 3.63) is 88.9 Å². The molecule has 0 bridgehead atoms. The molecule has 1 aliphatic carbocycles. The Kier molecular flexibility index (Phi) is 9.05. The van der Waals surface area contributed by atoms with E-state index in [0.717, 1.165) is 21.6 Å². The molecule has 1 amide bonds. The minimum Gasteiger partial charge on any atom is -0.493 e. The first-order valence-electron chi connectivity index (χ1n) is 13.9. The van der Waals surface area contributed by atoms with Gasteiger partial charge < -0.3 is 23.8 Å². The van der Waals surface area contributed by atoms with Crippen molar-refractivity contribution in [2.75, 3.05) is 39.4 Å². The summed E-state index contributed by atoms with van der Waals surface area (Å²) < 4.78 is 36.5. The molecule has 44 heavy (non-hydrogen) atoms. The summed E-state index contributed by atoms with van der Waals surface area (Å²) in [5.41, 5.74) is 4.05. The lowest BCUT2D eigenvalue weighted by Crippen LogP contribution is -2.36. The number of halogens is 1. The molecule has 9 nitrogen and oxygen atoms in total. The predicted octanol–water partition coefficient (Wildman–Crippen LogP) is 5.99. The Bertz CT molecular complexity index is 1790. The number of fused-ring (bicyclic) bond motifs is 2. The third kappa shape index (κ3) is 5.90. The van der Waals surface area contributed by atoms with Gasteiger partial charge in [-0.15, -0.1) is 0 Å². The fourth-order valence-electron chi connectivity index (χ4n) is 5.39. The first-order chi connectivity index (χ1) is 21.4. The normalized spacial score (nSPS) is 12.8. The topological polar surface area (TPSA) is 111 Å². The molecule has 0 unspecified atom stereocenters. The van der Waals surface area contributed by atoms with E-state index in [4.69, 9.17) is 29.2 Å². The molecule has 0 radical (unpaired) electrons. The van der Waals surface area contributed by atoms with E-state index in [1.54, 1.807) is 33.5 Å². The number of ether oxygens (including phenoxy) is 4. The average Bonchev–Trinajstić information content (AvgIpc) is 3.44. The lowest BCUT2D eigenvalue weighted by atomic mass is 10.0. The van der Waals surface area contributed by atoms with Gasteiger partial charge in [0.25, 0.3) is 5.91 Å². The number of methoxy groups -OCH3 is 3. The number of nitriles is 1. The van der Waals surface area contributed by atoms with Gasteiger partial charge in [0.1, 0.15) is 5.82 Å². The van der Waals surface area contributed by atoms with Crippen LogP contribution in [-0.2, 0) is 16.0 Å². The minimum atomic E-state index is -0.684. The Morgan fingerprint density at radius 3 is 2.39 bits per heavy atom. The number of anilines is 1. The number of amides is 1. The number of pyridine rings is 1. The molecule has 1 heterocycles. The van der Waals surface area contributed by atoms with Crippen LogP contribution in [-0.4, -0.2) is 51.3 Å². The standard InChI is InChI=1S/C34H30FN3O6/c1-41-28-18-21(19-29(42-2)33(28)43-3)17-22-13-14-24-31(23-9-4-6-11-26(23)37-32(22)24)34(40)44-20-30(39)38(16-8-15-36)27-12-7-5-10-25(27)35/h4-7,9-12,17-19H,8,13-14,16,20H2,1-3H3. The maximum atomic E-state index is 14.5. The van der Waals surface area contributed by atoms with Crippen molar-refractivity contribution in [2.45, 2.75) is 19.3 Å². The summed E-state index contributed by atoms with van der Waals surface area (Å²) >= 11 is 0. The third-order valence-electron chi connectivity index (χ3n) is 7.39. The summed E-state index contributed by atoms with van der Waals surface area (Å²) in [6.45, 7) is -0.672. The lowest BCUT2D eigenvalue weighted by Gasteiger charge is -2.22. The van der Waals surface area contributed by atoms with Gasteiger partial charge in [-0.25, -0.2) is 14.2 Å². The van der Waals surface area contributed by atoms with Crippen LogP contribution in [0, 0.1) is 17.1 Å². The van der Waals surface area contributed by atoms with Gasteiger partial charge in [-0.1, -0.05) is 30.3 Å². The van der Waals surface area contributed by atoms with Crippen LogP contribution in [0.1, 0.15) is 40.0 Å². The van der Waals surface area contributed by atoms with Gasteiger partial charge in [0.15, 0.2) is 18.1 Å². The Morgan fingerprint density at radius 1 is 1.00 bits per heavy atom. The second kappa shape index (κ2) is 13.3. The zero-order chi connectivity index (χ0) is 31.2. The minimum absolute atomic E-state index is 0.0145. The fourth-order valence-corrected chi connectivity index (χ4v) is 5.39. The molecule has 1 aliphatic rings. The van der Waals surface area contributed by atoms with E-state index in [1.165, 1.54) is 18.2 Å². The number of aromatic nitrogens is 1. The highest BCUT2D eigenvalue weighted by Crippen LogP contribution is 2.41. The third-order valence-corrected chi connectivity index (χ3v) is 7.39. The highest BCUT2D eigenvalue weighted by Gasteiger charge is 2.29. The van der Waals surface area contributed by atoms with Crippen molar-refractivity contribution in [2.24, 2.45) is 0 Å². The number of nitrogens with zero attached hydrogens (tertiary/aromatic N) is 3. The summed E-state index contributed by atoms with van der Waals surface area (Å²) in [6, 6.07) is 18.6. The first kappa shape index (κ1) is 30.0. The van der Waals surface area contributed by atoms with Crippen LogP contribution in [0.2, 0.25) is 0 Å². The molecule has 0 spiro atoms. The van der Waals surface area contributed by atoms with Gasteiger partial charge in [-0.2, -0.15) is 5.26 Å². The molecule has 4 aromatic rings. The SMILES string of the molecule is COc1cc(C=C2CCc3c2nc2ccccc2c3C(=O)OCC(=O)N(CCC#N)c2ccccc2F)cc(OC)c1OC. The molecule has 0 saturated carbocycles. The number of carbonyl (C=O) groups excluding carboxylic acids is 2. The Balaban J connectivity index is 1.48. The highest BCUT2D eigenvalue weighted by atomic mass is 19.1. The van der Waals surface area contributed by atoms with Crippen molar-refractivity contribution in [3.63, 3.8) is 0 Å². The van der Waals surface area contributed by atoms with Crippen LogP contribution in [0.25, 0.3) is 22.6 Å². The maximum absolute atomic E-state index is 14.5. The molecule has 10 heteroatoms. The van der Waals surface area contributed by atoms with Crippen LogP contribution < -0.4 is 19.1 Å². The molecule has 1 aromatic heterocycles. The van der Waals surface area contributed by atoms with E-state index in [2.05, 4.69) is 0 Å². The molecule has 0 fully saturated rings. The maximum Gasteiger partial charge on any atom is 0.339 e. The van der Waals surface area contributed by atoms with Gasteiger partial charge in [0.05, 0.1) is 56.3 Å². The number of allylic oxidation sites excluding steroid dienone is 1. The zero-order valence-electron chi connectivity index (χ0n) is 24.6. The highest BCUT2D eigenvalue weighted by molar-refractivity contribution is 6.08. The number of carbonyl (C=O) groups is 2. The van der Waals surface area contributed by atoms with Crippen molar-refractivity contribution in [3.8, 4) is 23.3 Å². The molecule has 0 atom stereocenters. The van der Waals surface area contributed by atoms with Crippen molar-refractivity contribution < 1.29 is 32.9 Å². The van der Waals surface area contributed by atoms with E-state index < -0.39 is 24.3 Å². The van der Waals surface area contributed by atoms with E-state index in [9.17, 15) is 14.0 Å². The smallest absolute Gasteiger partial charge is 0.339 e. The van der Waals surface area contributed by atoms with Crippen LogP contribution in [0.4, 0.5) is 10.1 Å². The van der Waals surface area contributed by atoms with Crippen molar-refractivity contribution in [1.82, 2.24) is 4.98 Å². The first-order valence-corrected chi connectivity index (χ1v) is 13.9. The molecule has 0 saturated heterocycles. The van der Waals surface area contributed by atoms with E-state index >= 15 is 0 Å². The fraction of sp³-hybridized carbons (Fsp3) is 0.235. The summed E-state index contributed by atoms with van der Waals surface area (Å²) in [7, 11) is 4.64. The van der Waals surface area contributed by atoms with Gasteiger partial charge in [-0.3, -0.25) is 4.79 Å². The lowest BCUT2D eigenvalue weighted by molar-refractivity contribution is -0.121. The molecule has 5 rings (SSSR count). The number of benzene rings is 3. The van der Waals surface area contributed by atoms with Gasteiger partial charge in [0.2, 0.25) is 5.75 Å². The Labute approximate surface area is 254 Å². The van der Waals surface area contributed by atoms with Crippen LogP contribution in [0.3, 0.4) is 0 Å². The monoisotopic (exact) mass is 595 g/mol. The summed E-state index contributed by atoms with van der Waals surface area (Å²) in [5.74, 6) is -0.441. The molecule has 0 N–H and O–H groups in total. The van der Waals surface area contributed by atoms with Crippen LogP contribution in [0.5, 0.6) is 17.2 Å². The second-order valence-electron chi connectivity index (χ2n) is 9.94. The Hall–Kier alpha value is -5.43. The zero-order valence-corrected chi connectivity index (χ0v) is 24.6. The average molecular weight is 596 g/mol. The predicted molar refractivity (Wildman–Crippen MR) is 163 cm³/mol. The number of hydrogen-bond donors (Lipinski definition) is 0. The number of esters is 1. The van der Waals surface area contributed by atoms with Gasteiger partial charge >= 0.3 is 5.97 Å². The molecule has 0 aliphatic heterocycles. The quantitative estimate of drug-likeness (QED) is 0.206. The summed E-state index contributed by atoms with van der Waals surface area (Å²) in [6.07, 6.45) is 3.10. The largest absolute Gasteiger partial charge is 0.493 e. The summed E-state index contributed by atoms with van der Waals surface area (Å²) in [5, 5.41) is 9.67. The van der Waals surface area contributed by atoms with Crippen molar-refractivity contribution >= 4 is 40.1 Å². The van der Waals surface area contributed by atoms with Gasteiger partial charge in [0, 0.05) is 11.9 Å².